The van der Waals surface area contributed by atoms with Crippen molar-refractivity contribution in [2.24, 2.45) is 0 Å². The smallest absolute Gasteiger partial charge is 0.256 e. The van der Waals surface area contributed by atoms with E-state index in [4.69, 9.17) is 0 Å². The first-order chi connectivity index (χ1) is 12.6. The molecule has 4 nitrogen and oxygen atoms in total. The SMILES string of the molecule is CC(=O)N1CCCc2cc(NC(=O)c3cccc4ccccc34)ccc21. The number of carbonyl (C=O) groups excluding carboxylic acids is 2. The van der Waals surface area contributed by atoms with Crippen LogP contribution in [0.25, 0.3) is 10.8 Å². The molecule has 1 heterocycles. The Morgan fingerprint density at radius 1 is 1.00 bits per heavy atom. The number of benzene rings is 3. The zero-order valence-electron chi connectivity index (χ0n) is 14.7. The molecule has 130 valence electrons. The number of nitrogens with one attached hydrogen (secondary N) is 1. The van der Waals surface area contributed by atoms with E-state index in [2.05, 4.69) is 5.32 Å². The maximum Gasteiger partial charge on any atom is 0.256 e. The molecule has 26 heavy (non-hydrogen) atoms. The molecule has 0 radical (unpaired) electrons. The number of hydrogen-bond acceptors (Lipinski definition) is 2. The summed E-state index contributed by atoms with van der Waals surface area (Å²) >= 11 is 0. The van der Waals surface area contributed by atoms with Crippen LogP contribution in [0.1, 0.15) is 29.3 Å². The van der Waals surface area contributed by atoms with Crippen LogP contribution in [0, 0.1) is 0 Å². The quantitative estimate of drug-likeness (QED) is 0.749. The highest BCUT2D eigenvalue weighted by molar-refractivity contribution is 6.13. The topological polar surface area (TPSA) is 49.4 Å². The molecule has 0 aliphatic carbocycles. The molecule has 0 aromatic heterocycles. The van der Waals surface area contributed by atoms with Crippen molar-refractivity contribution in [3.63, 3.8) is 0 Å². The minimum absolute atomic E-state index is 0.0542. The molecule has 3 aromatic carbocycles. The van der Waals surface area contributed by atoms with E-state index >= 15 is 0 Å². The summed E-state index contributed by atoms with van der Waals surface area (Å²) in [6.45, 7) is 2.34. The van der Waals surface area contributed by atoms with Crippen molar-refractivity contribution in [1.82, 2.24) is 0 Å². The third kappa shape index (κ3) is 2.94. The van der Waals surface area contributed by atoms with Crippen LogP contribution < -0.4 is 10.2 Å². The second-order valence-electron chi connectivity index (χ2n) is 6.60. The van der Waals surface area contributed by atoms with Gasteiger partial charge in [-0.15, -0.1) is 0 Å². The van der Waals surface area contributed by atoms with Crippen LogP contribution in [0.3, 0.4) is 0 Å². The lowest BCUT2D eigenvalue weighted by Crippen LogP contribution is -2.33. The molecule has 0 atom stereocenters. The summed E-state index contributed by atoms with van der Waals surface area (Å²) in [7, 11) is 0. The summed E-state index contributed by atoms with van der Waals surface area (Å²) in [5.41, 5.74) is 3.47. The van der Waals surface area contributed by atoms with Crippen molar-refractivity contribution in [1.29, 1.82) is 0 Å². The zero-order valence-corrected chi connectivity index (χ0v) is 14.7. The van der Waals surface area contributed by atoms with E-state index in [0.717, 1.165) is 47.1 Å². The highest BCUT2D eigenvalue weighted by atomic mass is 16.2. The molecule has 3 aromatic rings. The van der Waals surface area contributed by atoms with Gasteiger partial charge in [-0.3, -0.25) is 9.59 Å². The normalized spacial score (nSPS) is 13.3. The van der Waals surface area contributed by atoms with E-state index in [1.54, 1.807) is 11.8 Å². The Morgan fingerprint density at radius 2 is 1.81 bits per heavy atom. The number of anilines is 2. The van der Waals surface area contributed by atoms with Gasteiger partial charge >= 0.3 is 0 Å². The number of amides is 2. The maximum absolute atomic E-state index is 12.8. The highest BCUT2D eigenvalue weighted by Crippen LogP contribution is 2.30. The fraction of sp³-hybridized carbons (Fsp3) is 0.182. The first-order valence-corrected chi connectivity index (χ1v) is 8.83. The Hall–Kier alpha value is -3.14. The second kappa shape index (κ2) is 6.64. The number of carbonyl (C=O) groups is 2. The summed E-state index contributed by atoms with van der Waals surface area (Å²) in [6, 6.07) is 19.4. The van der Waals surface area contributed by atoms with Crippen LogP contribution >= 0.6 is 0 Å². The molecule has 1 aliphatic rings. The van der Waals surface area contributed by atoms with Gasteiger partial charge < -0.3 is 10.2 Å². The van der Waals surface area contributed by atoms with Crippen molar-refractivity contribution >= 4 is 34.0 Å². The predicted molar refractivity (Wildman–Crippen MR) is 105 cm³/mol. The Morgan fingerprint density at radius 3 is 2.65 bits per heavy atom. The van der Waals surface area contributed by atoms with Gasteiger partial charge in [0.1, 0.15) is 0 Å². The summed E-state index contributed by atoms with van der Waals surface area (Å²) in [5.74, 6) is -0.0699. The molecule has 4 rings (SSSR count). The first kappa shape index (κ1) is 16.3. The summed E-state index contributed by atoms with van der Waals surface area (Å²) in [4.78, 5) is 26.4. The number of fused-ring (bicyclic) bond motifs is 2. The van der Waals surface area contributed by atoms with Crippen LogP contribution in [0.5, 0.6) is 0 Å². The lowest BCUT2D eigenvalue weighted by Gasteiger charge is -2.29. The molecule has 1 aliphatic heterocycles. The molecular formula is C22H20N2O2. The van der Waals surface area contributed by atoms with Gasteiger partial charge in [0.05, 0.1) is 0 Å². The fourth-order valence-electron chi connectivity index (χ4n) is 3.62. The number of rotatable bonds is 2. The fourth-order valence-corrected chi connectivity index (χ4v) is 3.62. The molecular weight excluding hydrogens is 324 g/mol. The van der Waals surface area contributed by atoms with Crippen molar-refractivity contribution in [3.05, 3.63) is 71.8 Å². The van der Waals surface area contributed by atoms with Gasteiger partial charge in [-0.05, 0) is 53.4 Å². The van der Waals surface area contributed by atoms with Crippen molar-refractivity contribution in [2.45, 2.75) is 19.8 Å². The Kier molecular flexibility index (Phi) is 4.17. The summed E-state index contributed by atoms with van der Waals surface area (Å²) in [5, 5.41) is 4.98. The maximum atomic E-state index is 12.8. The van der Waals surface area contributed by atoms with Gasteiger partial charge in [0.2, 0.25) is 5.91 Å². The Labute approximate surface area is 152 Å². The minimum atomic E-state index is -0.124. The zero-order chi connectivity index (χ0) is 18.1. The number of aryl methyl sites for hydroxylation is 1. The second-order valence-corrected chi connectivity index (χ2v) is 6.60. The lowest BCUT2D eigenvalue weighted by molar-refractivity contribution is -0.116. The predicted octanol–water partition coefficient (Wildman–Crippen LogP) is 4.39. The van der Waals surface area contributed by atoms with E-state index < -0.39 is 0 Å². The molecule has 0 saturated carbocycles. The average Bonchev–Trinajstić information content (AvgIpc) is 2.66. The highest BCUT2D eigenvalue weighted by Gasteiger charge is 2.20. The van der Waals surface area contributed by atoms with Crippen LogP contribution in [0.15, 0.2) is 60.7 Å². The van der Waals surface area contributed by atoms with E-state index in [9.17, 15) is 9.59 Å². The molecule has 0 saturated heterocycles. The van der Waals surface area contributed by atoms with Gasteiger partial charge in [-0.2, -0.15) is 0 Å². The van der Waals surface area contributed by atoms with Crippen molar-refractivity contribution in [3.8, 4) is 0 Å². The largest absolute Gasteiger partial charge is 0.322 e. The summed E-state index contributed by atoms with van der Waals surface area (Å²) < 4.78 is 0. The molecule has 4 heteroatoms. The summed E-state index contributed by atoms with van der Waals surface area (Å²) in [6.07, 6.45) is 1.85. The van der Waals surface area contributed by atoms with Crippen molar-refractivity contribution in [2.75, 3.05) is 16.8 Å². The third-order valence-electron chi connectivity index (χ3n) is 4.87. The molecule has 1 N–H and O–H groups in total. The molecule has 2 amide bonds. The van der Waals surface area contributed by atoms with Gasteiger partial charge in [0.25, 0.3) is 5.91 Å². The standard InChI is InChI=1S/C22H20N2O2/c1-15(25)24-13-5-8-17-14-18(11-12-21(17)24)23-22(26)20-10-4-7-16-6-2-3-9-19(16)20/h2-4,6-7,9-12,14H,5,8,13H2,1H3,(H,23,26). The molecule has 0 fully saturated rings. The van der Waals surface area contributed by atoms with Gasteiger partial charge in [-0.1, -0.05) is 36.4 Å². The number of hydrogen-bond donors (Lipinski definition) is 1. The number of nitrogens with zero attached hydrogens (tertiary/aromatic N) is 1. The van der Waals surface area contributed by atoms with Crippen molar-refractivity contribution < 1.29 is 9.59 Å². The molecule has 0 unspecified atom stereocenters. The van der Waals surface area contributed by atoms with Crippen LogP contribution in [0.2, 0.25) is 0 Å². The van der Waals surface area contributed by atoms with Gasteiger partial charge in [-0.25, -0.2) is 0 Å². The minimum Gasteiger partial charge on any atom is -0.322 e. The Balaban J connectivity index is 1.63. The van der Waals surface area contributed by atoms with Gasteiger partial charge in [0, 0.05) is 30.4 Å². The van der Waals surface area contributed by atoms with E-state index in [-0.39, 0.29) is 11.8 Å². The molecule has 0 spiro atoms. The van der Waals surface area contributed by atoms with E-state index in [0.29, 0.717) is 5.56 Å². The van der Waals surface area contributed by atoms with E-state index in [1.165, 1.54) is 0 Å². The van der Waals surface area contributed by atoms with Crippen LogP contribution in [-0.2, 0) is 11.2 Å². The lowest BCUT2D eigenvalue weighted by atomic mass is 10.0. The molecule has 0 bridgehead atoms. The first-order valence-electron chi connectivity index (χ1n) is 8.83. The Bertz CT molecular complexity index is 1000. The monoisotopic (exact) mass is 344 g/mol. The van der Waals surface area contributed by atoms with Crippen LogP contribution in [-0.4, -0.2) is 18.4 Å². The van der Waals surface area contributed by atoms with Gasteiger partial charge in [0.15, 0.2) is 0 Å². The van der Waals surface area contributed by atoms with E-state index in [1.807, 2.05) is 60.7 Å². The van der Waals surface area contributed by atoms with Crippen LogP contribution in [0.4, 0.5) is 11.4 Å². The average molecular weight is 344 g/mol. The third-order valence-corrected chi connectivity index (χ3v) is 4.87.